The Kier molecular flexibility index (Phi) is 4.28. The topological polar surface area (TPSA) is 88.2 Å². The zero-order valence-electron chi connectivity index (χ0n) is 12.9. The summed E-state index contributed by atoms with van der Waals surface area (Å²) in [6.45, 7) is 1.86. The molecule has 0 radical (unpaired) electrons. The minimum Gasteiger partial charge on any atom is -0.273 e. The van der Waals surface area contributed by atoms with E-state index in [0.29, 0.717) is 0 Å². The third-order valence-electron chi connectivity index (χ3n) is 3.48. The molecule has 0 aliphatic carbocycles. The van der Waals surface area contributed by atoms with Crippen molar-refractivity contribution in [1.82, 2.24) is 15.2 Å². The third-order valence-corrected chi connectivity index (χ3v) is 4.75. The van der Waals surface area contributed by atoms with Crippen molar-refractivity contribution in [3.05, 3.63) is 71.9 Å². The van der Waals surface area contributed by atoms with Crippen LogP contribution < -0.4 is 10.3 Å². The van der Waals surface area contributed by atoms with E-state index < -0.39 is 15.9 Å². The molecule has 0 saturated heterocycles. The van der Waals surface area contributed by atoms with E-state index in [1.165, 1.54) is 18.3 Å². The van der Waals surface area contributed by atoms with Crippen molar-refractivity contribution in [2.75, 3.05) is 0 Å². The molecule has 0 saturated carbocycles. The maximum absolute atomic E-state index is 12.2. The smallest absolute Gasteiger partial charge is 0.267 e. The summed E-state index contributed by atoms with van der Waals surface area (Å²) in [6.07, 6.45) is 1.40. The zero-order chi connectivity index (χ0) is 17.2. The van der Waals surface area contributed by atoms with Gasteiger partial charge in [0.1, 0.15) is 0 Å². The van der Waals surface area contributed by atoms with E-state index in [2.05, 4.69) is 15.2 Å². The highest BCUT2D eigenvalue weighted by Gasteiger charge is 2.15. The normalized spacial score (nSPS) is 11.4. The Balaban J connectivity index is 1.75. The van der Waals surface area contributed by atoms with Crippen LogP contribution in [0.15, 0.2) is 65.7 Å². The van der Waals surface area contributed by atoms with Crippen molar-refractivity contribution < 1.29 is 13.2 Å². The first-order valence-corrected chi connectivity index (χ1v) is 8.68. The van der Waals surface area contributed by atoms with E-state index >= 15 is 0 Å². The van der Waals surface area contributed by atoms with Crippen molar-refractivity contribution in [1.29, 1.82) is 0 Å². The summed E-state index contributed by atoms with van der Waals surface area (Å²) < 4.78 is 24.3. The van der Waals surface area contributed by atoms with Crippen LogP contribution in [0.1, 0.15) is 15.9 Å². The molecule has 0 aliphatic heterocycles. The van der Waals surface area contributed by atoms with Gasteiger partial charge in [-0.2, -0.15) is 0 Å². The highest BCUT2D eigenvalue weighted by Crippen LogP contribution is 2.13. The van der Waals surface area contributed by atoms with Crippen LogP contribution in [0, 0.1) is 6.92 Å². The number of amides is 1. The van der Waals surface area contributed by atoms with Gasteiger partial charge in [-0.25, -0.2) is 8.42 Å². The number of fused-ring (bicyclic) bond motifs is 1. The van der Waals surface area contributed by atoms with Gasteiger partial charge in [0.05, 0.1) is 16.0 Å². The third kappa shape index (κ3) is 3.42. The van der Waals surface area contributed by atoms with Gasteiger partial charge in [-0.1, -0.05) is 35.9 Å². The first-order chi connectivity index (χ1) is 11.5. The fourth-order valence-electron chi connectivity index (χ4n) is 2.16. The first-order valence-electron chi connectivity index (χ1n) is 7.19. The van der Waals surface area contributed by atoms with Gasteiger partial charge in [0, 0.05) is 11.6 Å². The lowest BCUT2D eigenvalue weighted by Crippen LogP contribution is -2.41. The molecule has 2 aromatic carbocycles. The number of hydrogen-bond donors (Lipinski definition) is 2. The molecule has 3 aromatic rings. The lowest BCUT2D eigenvalue weighted by Gasteiger charge is -2.09. The van der Waals surface area contributed by atoms with E-state index in [4.69, 9.17) is 0 Å². The molecule has 0 unspecified atom stereocenters. The zero-order valence-corrected chi connectivity index (χ0v) is 13.7. The van der Waals surface area contributed by atoms with E-state index in [-0.39, 0.29) is 10.5 Å². The fourth-order valence-corrected chi connectivity index (χ4v) is 3.00. The number of nitrogens with zero attached hydrogens (tertiary/aromatic N) is 1. The lowest BCUT2D eigenvalue weighted by atomic mass is 10.1. The van der Waals surface area contributed by atoms with Crippen LogP contribution in [-0.2, 0) is 10.0 Å². The monoisotopic (exact) mass is 341 g/mol. The summed E-state index contributed by atoms with van der Waals surface area (Å²) in [5, 5.41) is 0.798. The van der Waals surface area contributed by atoms with E-state index in [0.717, 1.165) is 16.5 Å². The summed E-state index contributed by atoms with van der Waals surface area (Å²) in [5.74, 6) is -0.580. The van der Waals surface area contributed by atoms with Crippen LogP contribution in [0.5, 0.6) is 0 Å². The molecule has 0 aliphatic rings. The second-order valence-electron chi connectivity index (χ2n) is 5.29. The Hall–Kier alpha value is -2.77. The van der Waals surface area contributed by atoms with Gasteiger partial charge < -0.3 is 0 Å². The number of hydrazine groups is 1. The van der Waals surface area contributed by atoms with Crippen molar-refractivity contribution in [2.45, 2.75) is 11.8 Å². The number of hydrogen-bond acceptors (Lipinski definition) is 4. The predicted molar refractivity (Wildman–Crippen MR) is 90.7 cm³/mol. The van der Waals surface area contributed by atoms with Gasteiger partial charge >= 0.3 is 0 Å². The molecular formula is C17H15N3O3S. The molecule has 0 atom stereocenters. The van der Waals surface area contributed by atoms with Crippen LogP contribution in [0.25, 0.3) is 10.9 Å². The van der Waals surface area contributed by atoms with Crippen LogP contribution in [0.4, 0.5) is 0 Å². The number of nitrogens with one attached hydrogen (secondary N) is 2. The molecule has 1 heterocycles. The number of para-hydroxylation sites is 1. The number of benzene rings is 2. The maximum atomic E-state index is 12.2. The van der Waals surface area contributed by atoms with Crippen LogP contribution in [0.3, 0.4) is 0 Å². The second-order valence-corrected chi connectivity index (χ2v) is 6.97. The SMILES string of the molecule is Cc1ccc(S(=O)(=O)NNC(=O)c2cnc3ccccc3c2)cc1. The van der Waals surface area contributed by atoms with Crippen LogP contribution in [0.2, 0.25) is 0 Å². The molecule has 2 N–H and O–H groups in total. The molecule has 1 amide bonds. The van der Waals surface area contributed by atoms with Gasteiger partial charge in [0.2, 0.25) is 0 Å². The first kappa shape index (κ1) is 16.1. The molecule has 0 bridgehead atoms. The largest absolute Gasteiger partial charge is 0.273 e. The summed E-state index contributed by atoms with van der Waals surface area (Å²) in [5.41, 5.74) is 4.17. The number of rotatable bonds is 4. The summed E-state index contributed by atoms with van der Waals surface area (Å²) in [4.78, 5) is 18.5. The fraction of sp³-hybridized carbons (Fsp3) is 0.0588. The average Bonchev–Trinajstić information content (AvgIpc) is 2.59. The van der Waals surface area contributed by atoms with Crippen LogP contribution >= 0.6 is 0 Å². The average molecular weight is 341 g/mol. The number of pyridine rings is 1. The minimum atomic E-state index is -3.82. The van der Waals surface area contributed by atoms with Crippen molar-refractivity contribution in [2.24, 2.45) is 0 Å². The summed E-state index contributed by atoms with van der Waals surface area (Å²) in [7, 11) is -3.82. The number of aromatic nitrogens is 1. The Bertz CT molecular complexity index is 999. The van der Waals surface area contributed by atoms with Gasteiger partial charge in [0.25, 0.3) is 15.9 Å². The number of carbonyl (C=O) groups excluding carboxylic acids is 1. The lowest BCUT2D eigenvalue weighted by molar-refractivity contribution is 0.0945. The number of aryl methyl sites for hydroxylation is 1. The Morgan fingerprint density at radius 1 is 1.04 bits per heavy atom. The molecule has 0 spiro atoms. The molecule has 0 fully saturated rings. The standard InChI is InChI=1S/C17H15N3O3S/c1-12-6-8-15(9-7-12)24(22,23)20-19-17(21)14-10-13-4-2-3-5-16(13)18-11-14/h2-11,20H,1H3,(H,19,21). The van der Waals surface area contributed by atoms with Gasteiger partial charge in [-0.3, -0.25) is 15.2 Å². The predicted octanol–water partition coefficient (Wildman–Crippen LogP) is 2.17. The Labute approximate surface area is 139 Å². The second kappa shape index (κ2) is 6.38. The van der Waals surface area contributed by atoms with E-state index in [1.54, 1.807) is 18.2 Å². The van der Waals surface area contributed by atoms with Gasteiger partial charge in [-0.05, 0) is 31.2 Å². The summed E-state index contributed by atoms with van der Waals surface area (Å²) in [6, 6.07) is 15.3. The number of carbonyl (C=O) groups is 1. The highest BCUT2D eigenvalue weighted by molar-refractivity contribution is 7.89. The van der Waals surface area contributed by atoms with E-state index in [1.807, 2.05) is 31.2 Å². The van der Waals surface area contributed by atoms with Crippen molar-refractivity contribution in [3.63, 3.8) is 0 Å². The molecule has 122 valence electrons. The van der Waals surface area contributed by atoms with Gasteiger partial charge in [-0.15, -0.1) is 4.83 Å². The molecule has 6 nitrogen and oxygen atoms in total. The minimum absolute atomic E-state index is 0.0741. The molecular weight excluding hydrogens is 326 g/mol. The highest BCUT2D eigenvalue weighted by atomic mass is 32.2. The quantitative estimate of drug-likeness (QED) is 0.712. The molecule has 7 heteroatoms. The number of sulfonamides is 1. The van der Waals surface area contributed by atoms with Crippen LogP contribution in [-0.4, -0.2) is 19.3 Å². The van der Waals surface area contributed by atoms with E-state index in [9.17, 15) is 13.2 Å². The maximum Gasteiger partial charge on any atom is 0.267 e. The van der Waals surface area contributed by atoms with Crippen molar-refractivity contribution >= 4 is 26.8 Å². The summed E-state index contributed by atoms with van der Waals surface area (Å²) >= 11 is 0. The molecule has 3 rings (SSSR count). The Morgan fingerprint density at radius 2 is 1.75 bits per heavy atom. The Morgan fingerprint density at radius 3 is 2.50 bits per heavy atom. The van der Waals surface area contributed by atoms with Gasteiger partial charge in [0.15, 0.2) is 0 Å². The molecule has 24 heavy (non-hydrogen) atoms. The molecule has 1 aromatic heterocycles. The van der Waals surface area contributed by atoms with Crippen molar-refractivity contribution in [3.8, 4) is 0 Å².